The average Bonchev–Trinajstić information content (AvgIpc) is 2.32. The number of nitrogens with zero attached hydrogens (tertiary/aromatic N) is 2. The predicted octanol–water partition coefficient (Wildman–Crippen LogP) is 2.56. The Morgan fingerprint density at radius 1 is 1.25 bits per heavy atom. The van der Waals surface area contributed by atoms with Crippen LogP contribution < -0.4 is 15.4 Å². The molecule has 0 spiro atoms. The van der Waals surface area contributed by atoms with E-state index >= 15 is 0 Å². The summed E-state index contributed by atoms with van der Waals surface area (Å²) in [5, 5.41) is 1.13. The van der Waals surface area contributed by atoms with Gasteiger partial charge in [0.05, 0.1) is 5.52 Å². The molecule has 0 amide bonds. The van der Waals surface area contributed by atoms with E-state index in [1.165, 1.54) is 5.69 Å². The van der Waals surface area contributed by atoms with Gasteiger partial charge in [0.15, 0.2) is 0 Å². The summed E-state index contributed by atoms with van der Waals surface area (Å²) in [7, 11) is 0. The molecule has 4 heteroatoms. The van der Waals surface area contributed by atoms with Crippen molar-refractivity contribution in [1.29, 1.82) is 0 Å². The third-order valence-corrected chi connectivity index (χ3v) is 3.36. The van der Waals surface area contributed by atoms with E-state index in [0.29, 0.717) is 0 Å². The third kappa shape index (κ3) is 2.56. The Kier molecular flexibility index (Phi) is 3.05. The number of pyridine rings is 1. The van der Waals surface area contributed by atoms with Crippen LogP contribution in [-0.2, 0) is 0 Å². The van der Waals surface area contributed by atoms with Crippen molar-refractivity contribution in [2.45, 2.75) is 32.4 Å². The normalized spacial score (nSPS) is 16.3. The average molecular weight is 271 g/mol. The van der Waals surface area contributed by atoms with Crippen LogP contribution in [0, 0.1) is 0 Å². The second-order valence-corrected chi connectivity index (χ2v) is 6.39. The summed E-state index contributed by atoms with van der Waals surface area (Å²) in [5.74, 6) is 0.879. The van der Waals surface area contributed by atoms with E-state index in [4.69, 9.17) is 10.5 Å². The fraction of sp³-hybridized carbons (Fsp3) is 0.438. The summed E-state index contributed by atoms with van der Waals surface area (Å²) in [6, 6.07) is 8.40. The maximum Gasteiger partial charge on any atom is 0.120 e. The van der Waals surface area contributed by atoms with Crippen LogP contribution in [0.2, 0.25) is 0 Å². The molecular formula is C16H21N3O. The highest BCUT2D eigenvalue weighted by Crippen LogP contribution is 2.32. The van der Waals surface area contributed by atoms with Gasteiger partial charge in [0, 0.05) is 36.4 Å². The number of rotatable bonds is 2. The van der Waals surface area contributed by atoms with Gasteiger partial charge in [-0.15, -0.1) is 0 Å². The lowest BCUT2D eigenvalue weighted by Crippen LogP contribution is -2.55. The zero-order valence-corrected chi connectivity index (χ0v) is 12.3. The molecule has 1 aliphatic rings. The predicted molar refractivity (Wildman–Crippen MR) is 82.3 cm³/mol. The monoisotopic (exact) mass is 271 g/mol. The van der Waals surface area contributed by atoms with Gasteiger partial charge in [0.2, 0.25) is 0 Å². The quantitative estimate of drug-likeness (QED) is 0.912. The molecule has 1 fully saturated rings. The van der Waals surface area contributed by atoms with E-state index < -0.39 is 0 Å². The summed E-state index contributed by atoms with van der Waals surface area (Å²) < 4.78 is 5.95. The van der Waals surface area contributed by atoms with Crippen molar-refractivity contribution in [1.82, 2.24) is 4.98 Å². The summed E-state index contributed by atoms with van der Waals surface area (Å²) in [4.78, 5) is 6.71. The third-order valence-electron chi connectivity index (χ3n) is 3.36. The Hall–Kier alpha value is -1.81. The minimum Gasteiger partial charge on any atom is -0.488 e. The van der Waals surface area contributed by atoms with E-state index in [9.17, 15) is 0 Å². The van der Waals surface area contributed by atoms with Crippen LogP contribution in [0.4, 0.5) is 5.69 Å². The molecule has 0 saturated carbocycles. The largest absolute Gasteiger partial charge is 0.488 e. The minimum atomic E-state index is -0.199. The summed E-state index contributed by atoms with van der Waals surface area (Å²) in [6.45, 7) is 7.97. The number of hydrogen-bond donors (Lipinski definition) is 1. The number of nitrogens with two attached hydrogens (primary N) is 1. The van der Waals surface area contributed by atoms with E-state index in [0.717, 1.165) is 29.7 Å². The zero-order valence-electron chi connectivity index (χ0n) is 12.3. The molecule has 3 rings (SSSR count). The molecule has 0 atom stereocenters. The van der Waals surface area contributed by atoms with Crippen LogP contribution in [0.1, 0.15) is 20.8 Å². The van der Waals surface area contributed by atoms with E-state index in [-0.39, 0.29) is 11.6 Å². The van der Waals surface area contributed by atoms with Crippen molar-refractivity contribution in [3.05, 3.63) is 30.5 Å². The molecule has 0 aliphatic carbocycles. The van der Waals surface area contributed by atoms with Crippen molar-refractivity contribution in [2.24, 2.45) is 5.73 Å². The highest BCUT2D eigenvalue weighted by molar-refractivity contribution is 5.93. The first-order valence-electron chi connectivity index (χ1n) is 7.01. The lowest BCUT2D eigenvalue weighted by Gasteiger charge is -2.39. The van der Waals surface area contributed by atoms with E-state index in [1.807, 2.05) is 18.3 Å². The van der Waals surface area contributed by atoms with Crippen LogP contribution in [0.3, 0.4) is 0 Å². The number of anilines is 1. The first-order chi connectivity index (χ1) is 9.42. The molecule has 0 bridgehead atoms. The number of ether oxygens (including phenoxy) is 1. The fourth-order valence-electron chi connectivity index (χ4n) is 2.51. The van der Waals surface area contributed by atoms with Crippen LogP contribution >= 0.6 is 0 Å². The molecule has 1 aromatic heterocycles. The molecule has 1 saturated heterocycles. The molecular weight excluding hydrogens is 250 g/mol. The standard InChI is InChI=1S/C16H21N3O/c1-16(2,3)20-12-4-5-14-13(8-12)15(6-7-18-14)19-9-11(17)10-19/h4-8,11H,9-10,17H2,1-3H3. The van der Waals surface area contributed by atoms with E-state index in [2.05, 4.69) is 42.8 Å². The van der Waals surface area contributed by atoms with Gasteiger partial charge in [-0.3, -0.25) is 4.98 Å². The van der Waals surface area contributed by atoms with Crippen LogP contribution in [-0.4, -0.2) is 29.7 Å². The van der Waals surface area contributed by atoms with Gasteiger partial charge < -0.3 is 15.4 Å². The Morgan fingerprint density at radius 2 is 2.00 bits per heavy atom. The maximum absolute atomic E-state index is 5.95. The highest BCUT2D eigenvalue weighted by atomic mass is 16.5. The zero-order chi connectivity index (χ0) is 14.3. The summed E-state index contributed by atoms with van der Waals surface area (Å²) in [6.07, 6.45) is 1.85. The Balaban J connectivity index is 2.00. The molecule has 2 heterocycles. The molecule has 2 N–H and O–H groups in total. The van der Waals surface area contributed by atoms with Crippen LogP contribution in [0.15, 0.2) is 30.5 Å². The van der Waals surface area contributed by atoms with Crippen molar-refractivity contribution in [3.63, 3.8) is 0 Å². The Labute approximate surface area is 119 Å². The molecule has 2 aromatic rings. The molecule has 1 aromatic carbocycles. The molecule has 106 valence electrons. The molecule has 20 heavy (non-hydrogen) atoms. The molecule has 1 aliphatic heterocycles. The fourth-order valence-corrected chi connectivity index (χ4v) is 2.51. The van der Waals surface area contributed by atoms with Gasteiger partial charge in [0.25, 0.3) is 0 Å². The first kappa shape index (κ1) is 13.2. The molecule has 0 radical (unpaired) electrons. The number of fused-ring (bicyclic) bond motifs is 1. The lowest BCUT2D eigenvalue weighted by atomic mass is 10.1. The van der Waals surface area contributed by atoms with Gasteiger partial charge in [-0.2, -0.15) is 0 Å². The van der Waals surface area contributed by atoms with E-state index in [1.54, 1.807) is 0 Å². The smallest absolute Gasteiger partial charge is 0.120 e. The first-order valence-corrected chi connectivity index (χ1v) is 7.01. The Morgan fingerprint density at radius 3 is 2.65 bits per heavy atom. The van der Waals surface area contributed by atoms with Gasteiger partial charge in [-0.25, -0.2) is 0 Å². The van der Waals surface area contributed by atoms with Crippen molar-refractivity contribution >= 4 is 16.6 Å². The number of hydrogen-bond acceptors (Lipinski definition) is 4. The molecule has 4 nitrogen and oxygen atoms in total. The van der Waals surface area contributed by atoms with Gasteiger partial charge in [-0.1, -0.05) is 0 Å². The topological polar surface area (TPSA) is 51.4 Å². The van der Waals surface area contributed by atoms with Crippen molar-refractivity contribution in [2.75, 3.05) is 18.0 Å². The van der Waals surface area contributed by atoms with Crippen LogP contribution in [0.25, 0.3) is 10.9 Å². The highest BCUT2D eigenvalue weighted by Gasteiger charge is 2.24. The second kappa shape index (κ2) is 4.63. The van der Waals surface area contributed by atoms with Gasteiger partial charge in [0.1, 0.15) is 11.4 Å². The van der Waals surface area contributed by atoms with Crippen molar-refractivity contribution in [3.8, 4) is 5.75 Å². The molecule has 0 unspecified atom stereocenters. The van der Waals surface area contributed by atoms with Crippen molar-refractivity contribution < 1.29 is 4.74 Å². The maximum atomic E-state index is 5.95. The van der Waals surface area contributed by atoms with Crippen LogP contribution in [0.5, 0.6) is 5.75 Å². The summed E-state index contributed by atoms with van der Waals surface area (Å²) in [5.41, 5.74) is 7.86. The second-order valence-electron chi connectivity index (χ2n) is 6.39. The number of benzene rings is 1. The Bertz CT molecular complexity index is 627. The SMILES string of the molecule is CC(C)(C)Oc1ccc2nccc(N3CC(N)C3)c2c1. The summed E-state index contributed by atoms with van der Waals surface area (Å²) >= 11 is 0. The lowest BCUT2D eigenvalue weighted by molar-refractivity contribution is 0.131. The van der Waals surface area contributed by atoms with Gasteiger partial charge in [-0.05, 0) is 45.0 Å². The van der Waals surface area contributed by atoms with Gasteiger partial charge >= 0.3 is 0 Å². The number of aromatic nitrogens is 1. The minimum absolute atomic E-state index is 0.199.